The van der Waals surface area contributed by atoms with Crippen LogP contribution >= 0.6 is 0 Å². The smallest absolute Gasteiger partial charge is 0.160 e. The highest BCUT2D eigenvalue weighted by atomic mass is 16.6. The first-order valence-corrected chi connectivity index (χ1v) is 24.0. The second-order valence-electron chi connectivity index (χ2n) is 22.7. The van der Waals surface area contributed by atoms with Gasteiger partial charge in [-0.15, -0.1) is 0 Å². The van der Waals surface area contributed by atoms with E-state index in [1.165, 1.54) is 17.6 Å². The number of nitrogens with two attached hydrogens (primary N) is 1. The molecule has 0 spiro atoms. The largest absolute Gasteiger partial charge is 0.508 e. The Morgan fingerprint density at radius 3 is 2.38 bits per heavy atom. The number of phenols is 1. The number of carbonyl (C=O) groups excluding carboxylic acids is 2. The molecule has 0 bridgehead atoms. The van der Waals surface area contributed by atoms with Gasteiger partial charge in [0.05, 0.1) is 17.8 Å². The number of nitrogens with one attached hydrogen (secondary N) is 1. The van der Waals surface area contributed by atoms with Crippen molar-refractivity contribution in [3.05, 3.63) is 70.3 Å². The Hall–Kier alpha value is -3.04. The number of epoxide rings is 1. The van der Waals surface area contributed by atoms with Gasteiger partial charge >= 0.3 is 0 Å². The first kappa shape index (κ1) is 43.2. The molecule has 6 N–H and O–H groups in total. The number of aliphatic hydroxyl groups is 2. The lowest BCUT2D eigenvalue weighted by molar-refractivity contribution is -0.219. The third-order valence-electron chi connectivity index (χ3n) is 19.1. The number of nitrogen functional groups attached to an aromatic ring is 1. The van der Waals surface area contributed by atoms with Crippen LogP contribution in [0.15, 0.2) is 53.6 Å². The number of rotatable bonds is 10. The molecule has 2 aromatic rings. The molecule has 1 saturated heterocycles. The zero-order valence-electron chi connectivity index (χ0n) is 38.1. The third-order valence-corrected chi connectivity index (χ3v) is 19.1. The monoisotopic (exact) mass is 835 g/mol. The highest BCUT2D eigenvalue weighted by Crippen LogP contribution is 2.75. The van der Waals surface area contributed by atoms with Gasteiger partial charge in [-0.3, -0.25) is 9.59 Å². The molecule has 0 radical (unpaired) electrons. The van der Waals surface area contributed by atoms with E-state index in [-0.39, 0.29) is 52.0 Å². The molecule has 6 aliphatic carbocycles. The fourth-order valence-electron chi connectivity index (χ4n) is 16.5. The predicted octanol–water partition coefficient (Wildman–Crippen LogP) is 9.54. The molecule has 6 fully saturated rings. The summed E-state index contributed by atoms with van der Waals surface area (Å²) in [4.78, 5) is 29.6. The zero-order chi connectivity index (χ0) is 43.4. The van der Waals surface area contributed by atoms with Gasteiger partial charge in [-0.1, -0.05) is 84.1 Å². The summed E-state index contributed by atoms with van der Waals surface area (Å²) in [5.41, 5.74) is 9.96. The van der Waals surface area contributed by atoms with Crippen LogP contribution in [-0.2, 0) is 20.9 Å². The van der Waals surface area contributed by atoms with Crippen molar-refractivity contribution in [3.8, 4) is 5.75 Å². The Kier molecular flexibility index (Phi) is 10.8. The van der Waals surface area contributed by atoms with Crippen LogP contribution in [-0.4, -0.2) is 57.8 Å². The van der Waals surface area contributed by atoms with Crippen LogP contribution in [0.3, 0.4) is 0 Å². The highest BCUT2D eigenvalue weighted by molar-refractivity contribution is 6.01. The summed E-state index contributed by atoms with van der Waals surface area (Å²) >= 11 is 0. The summed E-state index contributed by atoms with van der Waals surface area (Å²) in [5, 5.41) is 38.9. The lowest BCUT2D eigenvalue weighted by Crippen LogP contribution is -2.67. The van der Waals surface area contributed by atoms with Gasteiger partial charge in [0.2, 0.25) is 0 Å². The minimum absolute atomic E-state index is 0.0217. The Bertz CT molecular complexity index is 2090. The van der Waals surface area contributed by atoms with E-state index in [0.29, 0.717) is 50.0 Å². The highest BCUT2D eigenvalue weighted by Gasteiger charge is 2.71. The minimum Gasteiger partial charge on any atom is -0.508 e. The van der Waals surface area contributed by atoms with Crippen molar-refractivity contribution in [2.45, 2.75) is 174 Å². The summed E-state index contributed by atoms with van der Waals surface area (Å²) in [5.74, 6) is 1.08. The number of hydrogen-bond acceptors (Lipinski definition) is 8. The molecule has 0 aromatic heterocycles. The van der Waals surface area contributed by atoms with Gasteiger partial charge in [0.25, 0.3) is 0 Å². The number of anilines is 1. The molecule has 1 heterocycles. The Balaban J connectivity index is 1.04. The Labute approximate surface area is 364 Å². The maximum atomic E-state index is 15.0. The quantitative estimate of drug-likeness (QED) is 0.118. The number of Topliss-reactive ketones (excluding diaryl/α,β-unsaturated/α-hetero) is 2. The Morgan fingerprint density at radius 2 is 1.66 bits per heavy atom. The van der Waals surface area contributed by atoms with Crippen molar-refractivity contribution >= 4 is 17.3 Å². The Morgan fingerprint density at radius 1 is 0.902 bits per heavy atom. The maximum absolute atomic E-state index is 15.0. The van der Waals surface area contributed by atoms with E-state index in [1.54, 1.807) is 12.1 Å². The first-order valence-electron chi connectivity index (χ1n) is 24.0. The number of phenolic OH excluding ortho intramolecular Hbond substituents is 1. The van der Waals surface area contributed by atoms with Gasteiger partial charge in [0.1, 0.15) is 17.6 Å². The fourth-order valence-corrected chi connectivity index (χ4v) is 16.5. The molecule has 7 aliphatic rings. The van der Waals surface area contributed by atoms with Crippen molar-refractivity contribution in [2.75, 3.05) is 12.8 Å². The molecule has 8 heteroatoms. The van der Waals surface area contributed by atoms with Gasteiger partial charge in [-0.25, -0.2) is 0 Å². The first-order chi connectivity index (χ1) is 28.9. The van der Waals surface area contributed by atoms with Crippen molar-refractivity contribution in [2.24, 2.45) is 51.2 Å². The number of ketones is 2. The van der Waals surface area contributed by atoms with Crippen LogP contribution in [0.2, 0.25) is 0 Å². The van der Waals surface area contributed by atoms with Crippen LogP contribution in [0, 0.1) is 51.2 Å². The second-order valence-corrected chi connectivity index (χ2v) is 22.7. The lowest BCUT2D eigenvalue weighted by atomic mass is 9.35. The SMILES string of the molecule is CNCc1cc(O)cc([C@@H]2C[C@@]3(C)[C@H]4CCC5=C([C@@H](C[C@@H](O)[C@@H]6O[C@]6(C)[C@H]6CCC[C@H]6c6cccc(N)c6)C6CCCCC6)C(=O)C[C@]5(C)[C@]4(C)C[C@H](O)[C@H]3C(C)(C)C2=O)c1. The number of hydrogen-bond donors (Lipinski definition) is 5. The van der Waals surface area contributed by atoms with Crippen molar-refractivity contribution in [3.63, 3.8) is 0 Å². The summed E-state index contributed by atoms with van der Waals surface area (Å²) < 4.78 is 6.64. The van der Waals surface area contributed by atoms with Gasteiger partial charge in [0.15, 0.2) is 5.78 Å². The standard InChI is InChI=1S/C53H74N2O6/c1-49(2)46-43(59)28-52(5)44(50(46,3)26-38(47(49)60)33-21-30(29-55-7)22-35(56)24-33)20-19-40-45(42(58)27-51(40,52)4)37(31-13-9-8-10-14-31)25-41(57)48-53(6,61-48)39-18-12-17-36(39)32-15-11-16-34(54)23-32/h11,15-16,21-24,31,36-39,41,43-44,46,48,55-57,59H,8-10,12-14,17-20,25-29,54H2,1-7H3/t36-,37-,38-,39-,41+,43-,44+,46-,48-,50-,51-,52+,53+/m0/s1. The molecule has 0 unspecified atom stereocenters. The summed E-state index contributed by atoms with van der Waals surface area (Å²) in [6.45, 7) is 13.9. The predicted molar refractivity (Wildman–Crippen MR) is 240 cm³/mol. The fraction of sp³-hybridized carbons (Fsp3) is 0.698. The molecule has 5 saturated carbocycles. The van der Waals surface area contributed by atoms with Gasteiger partial charge in [-0.05, 0) is 159 Å². The molecule has 0 amide bonds. The van der Waals surface area contributed by atoms with Crippen LogP contribution in [0.25, 0.3) is 0 Å². The second kappa shape index (κ2) is 15.3. The minimum atomic E-state index is -0.782. The molecule has 61 heavy (non-hydrogen) atoms. The number of aromatic hydroxyl groups is 1. The van der Waals surface area contributed by atoms with E-state index in [1.807, 2.05) is 33.0 Å². The number of aliphatic hydroxyl groups excluding tert-OH is 2. The molecule has 2 aromatic carbocycles. The molecule has 9 rings (SSSR count). The summed E-state index contributed by atoms with van der Waals surface area (Å²) in [6.07, 6.45) is 11.2. The number of fused-ring (bicyclic) bond motifs is 5. The molecular formula is C53H74N2O6. The van der Waals surface area contributed by atoms with E-state index in [0.717, 1.165) is 80.2 Å². The summed E-state index contributed by atoms with van der Waals surface area (Å²) in [6, 6.07) is 13.9. The van der Waals surface area contributed by atoms with Gasteiger partial charge in [0, 0.05) is 41.3 Å². The molecule has 1 aliphatic heterocycles. The van der Waals surface area contributed by atoms with Crippen LogP contribution in [0.4, 0.5) is 5.69 Å². The normalized spacial score (nSPS) is 40.6. The van der Waals surface area contributed by atoms with Crippen LogP contribution in [0.1, 0.15) is 160 Å². The van der Waals surface area contributed by atoms with Crippen molar-refractivity contribution < 1.29 is 29.6 Å². The lowest BCUT2D eigenvalue weighted by Gasteiger charge is -2.69. The van der Waals surface area contributed by atoms with E-state index in [9.17, 15) is 20.1 Å². The van der Waals surface area contributed by atoms with Crippen molar-refractivity contribution in [1.82, 2.24) is 5.32 Å². The molecular weight excluding hydrogens is 761 g/mol. The molecule has 332 valence electrons. The van der Waals surface area contributed by atoms with Gasteiger partial charge in [-0.2, -0.15) is 0 Å². The molecule has 13 atom stereocenters. The topological polar surface area (TPSA) is 145 Å². The summed E-state index contributed by atoms with van der Waals surface area (Å²) in [7, 11) is 1.88. The van der Waals surface area contributed by atoms with Crippen LogP contribution < -0.4 is 11.1 Å². The van der Waals surface area contributed by atoms with Crippen LogP contribution in [0.5, 0.6) is 5.75 Å². The third kappa shape index (κ3) is 6.72. The van der Waals surface area contributed by atoms with Gasteiger partial charge < -0.3 is 31.1 Å². The zero-order valence-corrected chi connectivity index (χ0v) is 38.1. The maximum Gasteiger partial charge on any atom is 0.160 e. The van der Waals surface area contributed by atoms with E-state index in [4.69, 9.17) is 10.5 Å². The number of carbonyl (C=O) groups is 2. The van der Waals surface area contributed by atoms with E-state index >= 15 is 4.79 Å². The number of allylic oxidation sites excluding steroid dienone is 2. The average molecular weight is 835 g/mol. The number of ether oxygens (including phenoxy) is 1. The van der Waals surface area contributed by atoms with E-state index < -0.39 is 34.6 Å². The molecule has 8 nitrogen and oxygen atoms in total. The van der Waals surface area contributed by atoms with Crippen molar-refractivity contribution in [1.29, 1.82) is 0 Å². The average Bonchev–Trinajstić information content (AvgIpc) is 3.51. The number of benzene rings is 2. The van der Waals surface area contributed by atoms with E-state index in [2.05, 4.69) is 51.2 Å².